The third-order valence-electron chi connectivity index (χ3n) is 9.10. The number of amides is 1. The van der Waals surface area contributed by atoms with E-state index in [0.717, 1.165) is 42.2 Å². The van der Waals surface area contributed by atoms with Crippen LogP contribution in [0.2, 0.25) is 0 Å². The number of rotatable bonds is 12. The molecule has 1 aromatic heterocycles. The molecule has 300 valence electrons. The van der Waals surface area contributed by atoms with E-state index >= 15 is 8.78 Å². The lowest BCUT2D eigenvalue weighted by molar-refractivity contribution is -0.138. The summed E-state index contributed by atoms with van der Waals surface area (Å²) in [6, 6.07) is 9.80. The molecule has 0 unspecified atom stereocenters. The van der Waals surface area contributed by atoms with E-state index in [4.69, 9.17) is 9.47 Å². The number of hydrogen-bond acceptors (Lipinski definition) is 7. The number of hydrogen-bond donors (Lipinski definition) is 0. The number of carbonyl (C=O) groups is 2. The molecule has 4 aromatic rings. The highest BCUT2D eigenvalue weighted by Gasteiger charge is 2.41. The van der Waals surface area contributed by atoms with Crippen LogP contribution in [0.3, 0.4) is 0 Å². The number of alkyl halides is 3. The molecular weight excluding hydrogens is 778 g/mol. The van der Waals surface area contributed by atoms with Gasteiger partial charge in [0.1, 0.15) is 5.75 Å². The standard InChI is InChI=1S/C38H35F8N3O6S/c1-37(2,3)25-13-20(12-23(14-25)21-6-7-21)17-49(27-9-8-22(36(51)55-5)15-28(27)54-4)29(50)19-48(18-24-16-47-11-10-26(24)38(44,45)46)56(52,53)35-33(42)31(40)30(39)32(41)34(35)43/h8-16,21H,6-7,17-19H2,1-5H3. The van der Waals surface area contributed by atoms with E-state index in [-0.39, 0.29) is 33.8 Å². The Morgan fingerprint density at radius 2 is 1.48 bits per heavy atom. The molecule has 1 amide bonds. The number of pyridine rings is 1. The van der Waals surface area contributed by atoms with Crippen molar-refractivity contribution in [2.45, 2.75) is 69.1 Å². The minimum atomic E-state index is -6.04. The Labute approximate surface area is 316 Å². The lowest BCUT2D eigenvalue weighted by atomic mass is 9.84. The van der Waals surface area contributed by atoms with Gasteiger partial charge >= 0.3 is 12.1 Å². The fourth-order valence-corrected chi connectivity index (χ4v) is 7.43. The summed E-state index contributed by atoms with van der Waals surface area (Å²) >= 11 is 0. The van der Waals surface area contributed by atoms with Crippen molar-refractivity contribution in [1.29, 1.82) is 0 Å². The highest BCUT2D eigenvalue weighted by Crippen LogP contribution is 2.42. The monoisotopic (exact) mass is 813 g/mol. The Bertz CT molecular complexity index is 2260. The summed E-state index contributed by atoms with van der Waals surface area (Å²) in [5.74, 6) is -15.5. The first kappa shape index (κ1) is 42.1. The molecule has 0 spiro atoms. The van der Waals surface area contributed by atoms with Crippen LogP contribution >= 0.6 is 0 Å². The fourth-order valence-electron chi connectivity index (χ4n) is 5.95. The van der Waals surface area contributed by atoms with Crippen LogP contribution in [0, 0.1) is 29.1 Å². The predicted octanol–water partition coefficient (Wildman–Crippen LogP) is 8.19. The highest BCUT2D eigenvalue weighted by molar-refractivity contribution is 7.89. The molecule has 0 bridgehead atoms. The molecule has 0 N–H and O–H groups in total. The fraction of sp³-hybridized carbons (Fsp3) is 0.342. The van der Waals surface area contributed by atoms with E-state index in [0.29, 0.717) is 17.8 Å². The Morgan fingerprint density at radius 1 is 0.857 bits per heavy atom. The molecule has 0 atom stereocenters. The van der Waals surface area contributed by atoms with Crippen molar-refractivity contribution in [3.05, 3.63) is 117 Å². The number of esters is 1. The number of sulfonamides is 1. The van der Waals surface area contributed by atoms with Crippen LogP contribution in [0.4, 0.5) is 40.8 Å². The number of methoxy groups -OCH3 is 2. The Balaban J connectivity index is 1.71. The highest BCUT2D eigenvalue weighted by atomic mass is 32.2. The molecular formula is C38H35F8N3O6S. The summed E-state index contributed by atoms with van der Waals surface area (Å²) in [5, 5.41) is 0. The molecule has 56 heavy (non-hydrogen) atoms. The molecule has 0 aliphatic heterocycles. The van der Waals surface area contributed by atoms with Crippen molar-refractivity contribution in [2.24, 2.45) is 0 Å². The van der Waals surface area contributed by atoms with Crippen LogP contribution in [-0.4, -0.2) is 50.3 Å². The van der Waals surface area contributed by atoms with E-state index in [1.807, 2.05) is 32.9 Å². The van der Waals surface area contributed by atoms with Crippen molar-refractivity contribution < 1.29 is 62.6 Å². The first-order valence-electron chi connectivity index (χ1n) is 16.8. The lowest BCUT2D eigenvalue weighted by Crippen LogP contribution is -2.43. The number of nitrogens with zero attached hydrogens (tertiary/aromatic N) is 3. The maximum Gasteiger partial charge on any atom is 0.416 e. The van der Waals surface area contributed by atoms with Crippen LogP contribution in [-0.2, 0) is 44.2 Å². The zero-order valence-corrected chi connectivity index (χ0v) is 31.3. The second-order valence-corrected chi connectivity index (χ2v) is 15.9. The van der Waals surface area contributed by atoms with E-state index in [9.17, 15) is 44.3 Å². The smallest absolute Gasteiger partial charge is 0.416 e. The summed E-state index contributed by atoms with van der Waals surface area (Å²) in [4.78, 5) is 29.1. The van der Waals surface area contributed by atoms with Gasteiger partial charge < -0.3 is 14.4 Å². The summed E-state index contributed by atoms with van der Waals surface area (Å²) in [5.41, 5.74) is -0.577. The van der Waals surface area contributed by atoms with Gasteiger partial charge in [0.15, 0.2) is 28.2 Å². The molecule has 9 nitrogen and oxygen atoms in total. The van der Waals surface area contributed by atoms with Crippen molar-refractivity contribution in [3.8, 4) is 5.75 Å². The number of halogens is 8. The topological polar surface area (TPSA) is 106 Å². The van der Waals surface area contributed by atoms with Crippen LogP contribution < -0.4 is 9.64 Å². The first-order chi connectivity index (χ1) is 26.1. The van der Waals surface area contributed by atoms with Crippen LogP contribution in [0.5, 0.6) is 5.75 Å². The minimum absolute atomic E-state index is 0.0296. The van der Waals surface area contributed by atoms with Crippen LogP contribution in [0.25, 0.3) is 0 Å². The number of ether oxygens (including phenoxy) is 2. The van der Waals surface area contributed by atoms with Gasteiger partial charge in [-0.15, -0.1) is 0 Å². The van der Waals surface area contributed by atoms with Crippen molar-refractivity contribution in [1.82, 2.24) is 9.29 Å². The molecule has 0 radical (unpaired) electrons. The molecule has 18 heteroatoms. The van der Waals surface area contributed by atoms with Gasteiger partial charge in [0.25, 0.3) is 0 Å². The van der Waals surface area contributed by atoms with Crippen molar-refractivity contribution in [2.75, 3.05) is 25.7 Å². The molecule has 5 rings (SSSR count). The van der Waals surface area contributed by atoms with E-state index < -0.39 is 91.7 Å². The van der Waals surface area contributed by atoms with E-state index in [1.165, 1.54) is 25.3 Å². The number of carbonyl (C=O) groups excluding carboxylic acids is 2. The van der Waals surface area contributed by atoms with Crippen LogP contribution in [0.15, 0.2) is 59.8 Å². The quantitative estimate of drug-likeness (QED) is 0.0615. The number of benzene rings is 3. The molecule has 1 aliphatic rings. The summed E-state index contributed by atoms with van der Waals surface area (Å²) in [6.45, 7) is 2.54. The molecule has 3 aromatic carbocycles. The maximum absolute atomic E-state index is 15.1. The van der Waals surface area contributed by atoms with Crippen LogP contribution in [0.1, 0.15) is 77.7 Å². The Morgan fingerprint density at radius 3 is 2.04 bits per heavy atom. The zero-order chi connectivity index (χ0) is 41.5. The van der Waals surface area contributed by atoms with Gasteiger partial charge in [0.05, 0.1) is 44.1 Å². The average molecular weight is 814 g/mol. The molecule has 1 aliphatic carbocycles. The summed E-state index contributed by atoms with van der Waals surface area (Å²) in [6.07, 6.45) is -2.03. The third kappa shape index (κ3) is 8.65. The number of anilines is 1. The van der Waals surface area contributed by atoms with Gasteiger partial charge in [-0.1, -0.05) is 39.0 Å². The van der Waals surface area contributed by atoms with Gasteiger partial charge in [-0.25, -0.2) is 35.2 Å². The van der Waals surface area contributed by atoms with Gasteiger partial charge in [0, 0.05) is 18.9 Å². The lowest BCUT2D eigenvalue weighted by Gasteiger charge is -2.30. The Kier molecular flexibility index (Phi) is 11.9. The second-order valence-electron chi connectivity index (χ2n) is 14.0. The van der Waals surface area contributed by atoms with Crippen molar-refractivity contribution >= 4 is 27.6 Å². The second kappa shape index (κ2) is 15.8. The molecule has 0 saturated heterocycles. The number of aromatic nitrogens is 1. The summed E-state index contributed by atoms with van der Waals surface area (Å²) in [7, 11) is -3.73. The van der Waals surface area contributed by atoms with Gasteiger partial charge in [0.2, 0.25) is 21.7 Å². The molecule has 1 heterocycles. The average Bonchev–Trinajstić information content (AvgIpc) is 4.00. The molecule has 1 fully saturated rings. The largest absolute Gasteiger partial charge is 0.495 e. The van der Waals surface area contributed by atoms with Crippen molar-refractivity contribution in [3.63, 3.8) is 0 Å². The van der Waals surface area contributed by atoms with E-state index in [2.05, 4.69) is 4.98 Å². The maximum atomic E-state index is 15.1. The zero-order valence-electron chi connectivity index (χ0n) is 30.5. The predicted molar refractivity (Wildman–Crippen MR) is 186 cm³/mol. The SMILES string of the molecule is COC(=O)c1ccc(N(Cc2cc(C3CC3)cc(C(C)(C)C)c2)C(=O)CN(Cc2cnccc2C(F)(F)F)S(=O)(=O)c2c(F)c(F)c(F)c(F)c2F)c(OC)c1. The van der Waals surface area contributed by atoms with E-state index in [1.54, 1.807) is 6.07 Å². The molecule has 1 saturated carbocycles. The normalized spacial score (nSPS) is 13.5. The van der Waals surface area contributed by atoms with Gasteiger partial charge in [-0.05, 0) is 70.7 Å². The third-order valence-corrected chi connectivity index (χ3v) is 10.9. The van der Waals surface area contributed by atoms with Gasteiger partial charge in [-0.2, -0.15) is 17.5 Å². The summed E-state index contributed by atoms with van der Waals surface area (Å²) < 4.78 is 153. The van der Waals surface area contributed by atoms with Gasteiger partial charge in [-0.3, -0.25) is 9.78 Å². The first-order valence-corrected chi connectivity index (χ1v) is 18.3. The Hall–Kier alpha value is -5.10. The minimum Gasteiger partial charge on any atom is -0.495 e.